The lowest BCUT2D eigenvalue weighted by atomic mass is 10.1. The van der Waals surface area contributed by atoms with E-state index in [0.29, 0.717) is 0 Å². The number of aryl methyl sites for hydroxylation is 1. The third-order valence-corrected chi connectivity index (χ3v) is 5.17. The second-order valence-corrected chi connectivity index (χ2v) is 7.51. The number of halogens is 3. The van der Waals surface area contributed by atoms with Gasteiger partial charge in [-0.15, -0.1) is 17.9 Å². The van der Waals surface area contributed by atoms with Gasteiger partial charge in [0.15, 0.2) is 5.69 Å². The highest BCUT2D eigenvalue weighted by atomic mass is 32.1. The van der Waals surface area contributed by atoms with Crippen LogP contribution in [0.4, 0.5) is 13.2 Å². The van der Waals surface area contributed by atoms with E-state index in [1.54, 1.807) is 0 Å². The quantitative estimate of drug-likeness (QED) is 0.540. The van der Waals surface area contributed by atoms with E-state index in [9.17, 15) is 22.8 Å². The van der Waals surface area contributed by atoms with Gasteiger partial charge >= 0.3 is 6.18 Å². The molecular weight excluding hydrogens is 415 g/mol. The maximum Gasteiger partial charge on any atom is 0.418 e. The summed E-state index contributed by atoms with van der Waals surface area (Å²) < 4.78 is 41.4. The summed E-state index contributed by atoms with van der Waals surface area (Å²) in [6.07, 6.45) is -3.11. The Morgan fingerprint density at radius 3 is 2.63 bits per heavy atom. The van der Waals surface area contributed by atoms with Crippen LogP contribution in [0.3, 0.4) is 0 Å². The van der Waals surface area contributed by atoms with Crippen LogP contribution in [0.2, 0.25) is 0 Å². The molecule has 0 aliphatic heterocycles. The van der Waals surface area contributed by atoms with E-state index in [1.807, 2.05) is 17.5 Å². The lowest BCUT2D eigenvalue weighted by Crippen LogP contribution is -2.36. The Labute approximate surface area is 174 Å². The summed E-state index contributed by atoms with van der Waals surface area (Å²) in [5.41, 5.74) is -2.09. The van der Waals surface area contributed by atoms with E-state index >= 15 is 0 Å². The van der Waals surface area contributed by atoms with E-state index < -0.39 is 28.8 Å². The van der Waals surface area contributed by atoms with E-state index in [2.05, 4.69) is 11.7 Å². The summed E-state index contributed by atoms with van der Waals surface area (Å²) in [5.74, 6) is -0.675. The number of amides is 1. The van der Waals surface area contributed by atoms with Gasteiger partial charge in [-0.05, 0) is 30.5 Å². The van der Waals surface area contributed by atoms with E-state index in [-0.39, 0.29) is 24.5 Å². The highest BCUT2D eigenvalue weighted by Crippen LogP contribution is 2.33. The molecule has 3 aromatic rings. The van der Waals surface area contributed by atoms with Crippen LogP contribution in [0.1, 0.15) is 26.6 Å². The molecule has 2 aromatic heterocycles. The molecule has 2 heterocycles. The van der Waals surface area contributed by atoms with E-state index in [1.165, 1.54) is 47.4 Å². The number of carbonyl (C=O) groups is 1. The van der Waals surface area contributed by atoms with Crippen molar-refractivity contribution in [2.75, 3.05) is 6.54 Å². The fourth-order valence-electron chi connectivity index (χ4n) is 2.95. The molecule has 0 unspecified atom stereocenters. The molecular formula is C21H18F3N3O2S. The van der Waals surface area contributed by atoms with Crippen LogP contribution in [0.15, 0.2) is 65.3 Å². The van der Waals surface area contributed by atoms with Crippen LogP contribution < -0.4 is 5.43 Å². The number of hydrogen-bond donors (Lipinski definition) is 0. The minimum absolute atomic E-state index is 0.158. The normalized spacial score (nSPS) is 11.3. The first-order valence-corrected chi connectivity index (χ1v) is 9.80. The number of thiophene rings is 1. The maximum absolute atomic E-state index is 13.5. The van der Waals surface area contributed by atoms with Crippen LogP contribution in [0.5, 0.6) is 0 Å². The van der Waals surface area contributed by atoms with Crippen LogP contribution in [-0.2, 0) is 12.7 Å². The van der Waals surface area contributed by atoms with Crippen molar-refractivity contribution in [3.8, 4) is 5.69 Å². The lowest BCUT2D eigenvalue weighted by Gasteiger charge is -2.21. The number of para-hydroxylation sites is 1. The van der Waals surface area contributed by atoms with Crippen molar-refractivity contribution in [2.24, 2.45) is 0 Å². The number of hydrogen-bond acceptors (Lipinski definition) is 4. The Bertz CT molecular complexity index is 1120. The zero-order valence-corrected chi connectivity index (χ0v) is 16.8. The fourth-order valence-corrected chi connectivity index (χ4v) is 3.67. The topological polar surface area (TPSA) is 55.2 Å². The molecule has 30 heavy (non-hydrogen) atoms. The molecule has 156 valence electrons. The van der Waals surface area contributed by atoms with Gasteiger partial charge in [0.25, 0.3) is 5.91 Å². The van der Waals surface area contributed by atoms with Gasteiger partial charge in [0.2, 0.25) is 5.43 Å². The molecule has 9 heteroatoms. The van der Waals surface area contributed by atoms with Gasteiger partial charge in [-0.3, -0.25) is 9.59 Å². The molecule has 0 saturated carbocycles. The molecule has 0 N–H and O–H groups in total. The first kappa shape index (κ1) is 21.5. The van der Waals surface area contributed by atoms with E-state index in [4.69, 9.17) is 0 Å². The maximum atomic E-state index is 13.5. The largest absolute Gasteiger partial charge is 0.418 e. The van der Waals surface area contributed by atoms with Crippen molar-refractivity contribution in [2.45, 2.75) is 19.6 Å². The molecule has 3 rings (SSSR count). The zero-order chi connectivity index (χ0) is 21.9. The van der Waals surface area contributed by atoms with Crippen molar-refractivity contribution >= 4 is 17.2 Å². The summed E-state index contributed by atoms with van der Waals surface area (Å²) in [5, 5.41) is 5.89. The minimum atomic E-state index is -4.62. The number of benzene rings is 1. The molecule has 0 atom stereocenters. The fraction of sp³-hybridized carbons (Fsp3) is 0.190. The lowest BCUT2D eigenvalue weighted by molar-refractivity contribution is -0.137. The van der Waals surface area contributed by atoms with Crippen molar-refractivity contribution < 1.29 is 18.0 Å². The summed E-state index contributed by atoms with van der Waals surface area (Å²) >= 11 is 1.44. The Balaban J connectivity index is 2.08. The van der Waals surface area contributed by atoms with Crippen molar-refractivity contribution in [1.82, 2.24) is 14.7 Å². The average Bonchev–Trinajstić information content (AvgIpc) is 3.20. The SMILES string of the molecule is C=CCN(Cc1cccs1)C(=O)c1nn(-c2ccccc2C(F)(F)F)c(C)cc1=O. The molecule has 0 bridgehead atoms. The molecule has 1 amide bonds. The number of nitrogens with zero attached hydrogens (tertiary/aromatic N) is 3. The molecule has 0 aliphatic carbocycles. The highest BCUT2D eigenvalue weighted by molar-refractivity contribution is 7.09. The standard InChI is InChI=1S/C21H18F3N3O2S/c1-3-10-26(13-15-7-6-11-30-15)20(29)19-18(28)12-14(2)27(25-19)17-9-5-4-8-16(17)21(22,23)24/h3-9,11-12H,1,10,13H2,2H3. The van der Waals surface area contributed by atoms with Gasteiger partial charge in [-0.2, -0.15) is 18.3 Å². The summed E-state index contributed by atoms with van der Waals surface area (Å²) in [7, 11) is 0. The smallest absolute Gasteiger partial charge is 0.328 e. The Hall–Kier alpha value is -3.20. The van der Waals surface area contributed by atoms with Crippen molar-refractivity contribution in [3.63, 3.8) is 0 Å². The summed E-state index contributed by atoms with van der Waals surface area (Å²) in [6, 6.07) is 9.67. The molecule has 0 radical (unpaired) electrons. The molecule has 0 saturated heterocycles. The molecule has 5 nitrogen and oxygen atoms in total. The Morgan fingerprint density at radius 1 is 1.27 bits per heavy atom. The minimum Gasteiger partial charge on any atom is -0.328 e. The van der Waals surface area contributed by atoms with Gasteiger partial charge in [0.1, 0.15) is 0 Å². The second-order valence-electron chi connectivity index (χ2n) is 6.48. The van der Waals surface area contributed by atoms with Crippen LogP contribution in [0.25, 0.3) is 5.69 Å². The van der Waals surface area contributed by atoms with Gasteiger partial charge in [-0.1, -0.05) is 24.3 Å². The van der Waals surface area contributed by atoms with Crippen molar-refractivity contribution in [1.29, 1.82) is 0 Å². The predicted octanol–water partition coefficient (Wildman–Crippen LogP) is 4.45. The number of alkyl halides is 3. The van der Waals surface area contributed by atoms with E-state index in [0.717, 1.165) is 21.7 Å². The zero-order valence-electron chi connectivity index (χ0n) is 16.0. The second kappa shape index (κ2) is 8.66. The number of aromatic nitrogens is 2. The number of rotatable bonds is 6. The third-order valence-electron chi connectivity index (χ3n) is 4.31. The Morgan fingerprint density at radius 2 is 2.00 bits per heavy atom. The average molecular weight is 433 g/mol. The first-order valence-electron chi connectivity index (χ1n) is 8.92. The molecule has 0 spiro atoms. The van der Waals surface area contributed by atoms with Gasteiger partial charge in [-0.25, -0.2) is 4.68 Å². The van der Waals surface area contributed by atoms with Crippen molar-refractivity contribution in [3.05, 3.63) is 92.6 Å². The van der Waals surface area contributed by atoms with Gasteiger partial charge < -0.3 is 4.90 Å². The van der Waals surface area contributed by atoms with Gasteiger partial charge in [0.05, 0.1) is 17.8 Å². The molecule has 1 aromatic carbocycles. The van der Waals surface area contributed by atoms with Crippen LogP contribution >= 0.6 is 11.3 Å². The monoisotopic (exact) mass is 433 g/mol. The van der Waals surface area contributed by atoms with Crippen LogP contribution in [-0.4, -0.2) is 27.1 Å². The Kier molecular flexibility index (Phi) is 6.21. The first-order chi connectivity index (χ1) is 14.2. The summed E-state index contributed by atoms with van der Waals surface area (Å²) in [6.45, 7) is 5.48. The highest BCUT2D eigenvalue weighted by Gasteiger charge is 2.34. The van der Waals surface area contributed by atoms with Gasteiger partial charge in [0, 0.05) is 23.2 Å². The predicted molar refractivity (Wildman–Crippen MR) is 109 cm³/mol. The molecule has 0 fully saturated rings. The summed E-state index contributed by atoms with van der Waals surface area (Å²) in [4.78, 5) is 27.8. The third kappa shape index (κ3) is 4.51. The van der Waals surface area contributed by atoms with Crippen LogP contribution in [0, 0.1) is 6.92 Å². The molecule has 0 aliphatic rings. The number of carbonyl (C=O) groups excluding carboxylic acids is 1.